The Kier molecular flexibility index (Phi) is 5.14. The molecule has 3 aromatic rings. The highest BCUT2D eigenvalue weighted by atomic mass is 16.5. The first-order valence-corrected chi connectivity index (χ1v) is 8.21. The van der Waals surface area contributed by atoms with Gasteiger partial charge in [0.15, 0.2) is 0 Å². The Morgan fingerprint density at radius 3 is 2.56 bits per heavy atom. The number of anilines is 2. The Morgan fingerprint density at radius 2 is 1.88 bits per heavy atom. The Bertz CT molecular complexity index is 850. The van der Waals surface area contributed by atoms with Gasteiger partial charge in [0.1, 0.15) is 18.2 Å². The number of aromatic nitrogens is 2. The van der Waals surface area contributed by atoms with E-state index < -0.39 is 0 Å². The lowest BCUT2D eigenvalue weighted by Gasteiger charge is -2.12. The highest BCUT2D eigenvalue weighted by Gasteiger charge is 2.07. The van der Waals surface area contributed by atoms with E-state index in [0.29, 0.717) is 24.8 Å². The molecule has 25 heavy (non-hydrogen) atoms. The fourth-order valence-corrected chi connectivity index (χ4v) is 2.62. The summed E-state index contributed by atoms with van der Waals surface area (Å²) in [6.45, 7) is 2.61. The number of hydrogen-bond acceptors (Lipinski definition) is 5. The molecule has 3 N–H and O–H groups in total. The van der Waals surface area contributed by atoms with Crippen LogP contribution in [0.25, 0.3) is 0 Å². The van der Waals surface area contributed by atoms with E-state index in [1.54, 1.807) is 13.2 Å². The normalized spacial score (nSPS) is 10.5. The summed E-state index contributed by atoms with van der Waals surface area (Å²) >= 11 is 0. The van der Waals surface area contributed by atoms with E-state index in [0.717, 1.165) is 28.0 Å². The molecule has 0 aliphatic heterocycles. The SMILES string of the molecule is CNc1ncc(Cc2ccc(OCc3ccccc3)c(C)c2)c(N)n1. The molecule has 1 aromatic heterocycles. The largest absolute Gasteiger partial charge is 0.489 e. The number of nitrogen functional groups attached to an aromatic ring is 1. The molecule has 1 heterocycles. The van der Waals surface area contributed by atoms with Gasteiger partial charge in [-0.05, 0) is 29.7 Å². The maximum absolute atomic E-state index is 6.01. The summed E-state index contributed by atoms with van der Waals surface area (Å²) in [4.78, 5) is 8.45. The molecule has 5 nitrogen and oxygen atoms in total. The van der Waals surface area contributed by atoms with Gasteiger partial charge in [-0.2, -0.15) is 4.98 Å². The molecule has 0 bridgehead atoms. The molecule has 0 saturated heterocycles. The van der Waals surface area contributed by atoms with Crippen LogP contribution < -0.4 is 15.8 Å². The van der Waals surface area contributed by atoms with Gasteiger partial charge < -0.3 is 15.8 Å². The van der Waals surface area contributed by atoms with Crippen LogP contribution in [0, 0.1) is 6.92 Å². The lowest BCUT2D eigenvalue weighted by atomic mass is 10.0. The molecule has 3 rings (SSSR count). The lowest BCUT2D eigenvalue weighted by molar-refractivity contribution is 0.304. The van der Waals surface area contributed by atoms with E-state index in [4.69, 9.17) is 10.5 Å². The number of hydrogen-bond donors (Lipinski definition) is 2. The number of aryl methyl sites for hydroxylation is 1. The van der Waals surface area contributed by atoms with Crippen molar-refractivity contribution in [2.24, 2.45) is 0 Å². The van der Waals surface area contributed by atoms with Crippen LogP contribution in [-0.2, 0) is 13.0 Å². The maximum Gasteiger partial charge on any atom is 0.224 e. The Morgan fingerprint density at radius 1 is 1.08 bits per heavy atom. The second-order valence-electron chi connectivity index (χ2n) is 5.90. The molecule has 128 valence electrons. The number of rotatable bonds is 6. The first-order valence-electron chi connectivity index (χ1n) is 8.21. The van der Waals surface area contributed by atoms with Gasteiger partial charge in [0.2, 0.25) is 5.95 Å². The Labute approximate surface area is 147 Å². The topological polar surface area (TPSA) is 73.1 Å². The number of ether oxygens (including phenoxy) is 1. The first kappa shape index (κ1) is 16.8. The van der Waals surface area contributed by atoms with Gasteiger partial charge in [-0.15, -0.1) is 0 Å². The van der Waals surface area contributed by atoms with Crippen molar-refractivity contribution in [2.45, 2.75) is 20.0 Å². The predicted molar refractivity (Wildman–Crippen MR) is 101 cm³/mol. The summed E-state index contributed by atoms with van der Waals surface area (Å²) < 4.78 is 5.92. The summed E-state index contributed by atoms with van der Waals surface area (Å²) in [6.07, 6.45) is 2.46. The molecule has 0 amide bonds. The van der Waals surface area contributed by atoms with Crippen LogP contribution in [0.4, 0.5) is 11.8 Å². The van der Waals surface area contributed by atoms with E-state index in [9.17, 15) is 0 Å². The monoisotopic (exact) mass is 334 g/mol. The van der Waals surface area contributed by atoms with E-state index >= 15 is 0 Å². The van der Waals surface area contributed by atoms with Gasteiger partial charge in [-0.1, -0.05) is 42.5 Å². The summed E-state index contributed by atoms with van der Waals surface area (Å²) in [6, 6.07) is 16.3. The van der Waals surface area contributed by atoms with E-state index in [-0.39, 0.29) is 0 Å². The molecule has 0 atom stereocenters. The lowest BCUT2D eigenvalue weighted by Crippen LogP contribution is -2.04. The summed E-state index contributed by atoms with van der Waals surface area (Å²) in [7, 11) is 1.77. The van der Waals surface area contributed by atoms with Crippen LogP contribution in [0.1, 0.15) is 22.3 Å². The summed E-state index contributed by atoms with van der Waals surface area (Å²) in [5.74, 6) is 1.92. The quantitative estimate of drug-likeness (QED) is 0.721. The Hall–Kier alpha value is -3.08. The van der Waals surface area contributed by atoms with Gasteiger partial charge in [0.25, 0.3) is 0 Å². The molecule has 0 aliphatic rings. The fourth-order valence-electron chi connectivity index (χ4n) is 2.62. The average molecular weight is 334 g/mol. The highest BCUT2D eigenvalue weighted by molar-refractivity contribution is 5.46. The number of nitrogens with zero attached hydrogens (tertiary/aromatic N) is 2. The van der Waals surface area contributed by atoms with Crippen molar-refractivity contribution in [3.05, 3.63) is 77.0 Å². The third-order valence-corrected chi connectivity index (χ3v) is 3.99. The standard InChI is InChI=1S/C20H22N4O/c1-14-10-16(11-17-12-23-20(22-2)24-19(17)21)8-9-18(14)25-13-15-6-4-3-5-7-15/h3-10,12H,11,13H2,1-2H3,(H3,21,22,23,24). The minimum Gasteiger partial charge on any atom is -0.489 e. The van der Waals surface area contributed by atoms with Crippen molar-refractivity contribution in [2.75, 3.05) is 18.1 Å². The predicted octanol–water partition coefficient (Wildman–Crippen LogP) is 3.58. The van der Waals surface area contributed by atoms with E-state index in [1.807, 2.05) is 31.2 Å². The van der Waals surface area contributed by atoms with Crippen LogP contribution in [0.5, 0.6) is 5.75 Å². The molecule has 0 fully saturated rings. The van der Waals surface area contributed by atoms with Crippen LogP contribution in [0.2, 0.25) is 0 Å². The zero-order valence-corrected chi connectivity index (χ0v) is 14.5. The van der Waals surface area contributed by atoms with Crippen molar-refractivity contribution in [1.29, 1.82) is 0 Å². The second-order valence-corrected chi connectivity index (χ2v) is 5.90. The van der Waals surface area contributed by atoms with E-state index in [1.165, 1.54) is 0 Å². The minimum absolute atomic E-state index is 0.501. The van der Waals surface area contributed by atoms with Gasteiger partial charge in [-0.25, -0.2) is 4.98 Å². The molecule has 0 radical (unpaired) electrons. The van der Waals surface area contributed by atoms with Gasteiger partial charge in [-0.3, -0.25) is 0 Å². The highest BCUT2D eigenvalue weighted by Crippen LogP contribution is 2.23. The third kappa shape index (κ3) is 4.26. The molecule has 2 aromatic carbocycles. The minimum atomic E-state index is 0.501. The molecule has 0 aliphatic carbocycles. The van der Waals surface area contributed by atoms with Gasteiger partial charge in [0.05, 0.1) is 0 Å². The zero-order chi connectivity index (χ0) is 17.6. The van der Waals surface area contributed by atoms with Gasteiger partial charge in [0, 0.05) is 25.2 Å². The number of nitrogens with one attached hydrogen (secondary N) is 1. The summed E-state index contributed by atoms with van der Waals surface area (Å²) in [5.41, 5.74) is 10.3. The van der Waals surface area contributed by atoms with E-state index in [2.05, 4.69) is 39.6 Å². The van der Waals surface area contributed by atoms with Gasteiger partial charge >= 0.3 is 0 Å². The summed E-state index contributed by atoms with van der Waals surface area (Å²) in [5, 5.41) is 2.88. The zero-order valence-electron chi connectivity index (χ0n) is 14.5. The van der Waals surface area contributed by atoms with Crippen molar-refractivity contribution in [1.82, 2.24) is 9.97 Å². The molecular weight excluding hydrogens is 312 g/mol. The van der Waals surface area contributed by atoms with Crippen molar-refractivity contribution >= 4 is 11.8 Å². The fraction of sp³-hybridized carbons (Fsp3) is 0.200. The van der Waals surface area contributed by atoms with Crippen molar-refractivity contribution < 1.29 is 4.74 Å². The Balaban J connectivity index is 1.69. The number of nitrogens with two attached hydrogens (primary N) is 1. The smallest absolute Gasteiger partial charge is 0.224 e. The molecule has 5 heteroatoms. The number of benzene rings is 2. The van der Waals surface area contributed by atoms with Crippen LogP contribution >= 0.6 is 0 Å². The molecule has 0 saturated carbocycles. The van der Waals surface area contributed by atoms with Crippen molar-refractivity contribution in [3.63, 3.8) is 0 Å². The molecule has 0 unspecified atom stereocenters. The average Bonchev–Trinajstić information content (AvgIpc) is 2.63. The first-order chi connectivity index (χ1) is 12.2. The molecule has 0 spiro atoms. The third-order valence-electron chi connectivity index (χ3n) is 3.99. The van der Waals surface area contributed by atoms with Crippen LogP contribution in [-0.4, -0.2) is 17.0 Å². The second kappa shape index (κ2) is 7.66. The maximum atomic E-state index is 6.01. The van der Waals surface area contributed by atoms with Crippen LogP contribution in [0.3, 0.4) is 0 Å². The van der Waals surface area contributed by atoms with Crippen LogP contribution in [0.15, 0.2) is 54.7 Å². The van der Waals surface area contributed by atoms with Crippen molar-refractivity contribution in [3.8, 4) is 5.75 Å². The molecular formula is C20H22N4O.